The van der Waals surface area contributed by atoms with Crippen LogP contribution in [0.1, 0.15) is 55.2 Å². The Hall–Kier alpha value is -1.50. The van der Waals surface area contributed by atoms with Gasteiger partial charge in [-0.15, -0.1) is 15.3 Å². The number of nitrogens with zero attached hydrogens (tertiary/aromatic N) is 4. The topological polar surface area (TPSA) is 72.2 Å². The molecule has 18 heavy (non-hydrogen) atoms. The van der Waals surface area contributed by atoms with Crippen LogP contribution in [0.4, 0.5) is 0 Å². The highest BCUT2D eigenvalue weighted by molar-refractivity contribution is 7.18. The average Bonchev–Trinajstić information content (AvgIpc) is 2.87. The van der Waals surface area contributed by atoms with E-state index in [1.807, 2.05) is 13.8 Å². The molecule has 2 aromatic heterocycles. The first kappa shape index (κ1) is 12.9. The summed E-state index contributed by atoms with van der Waals surface area (Å²) in [5, 5.41) is 15.6. The summed E-state index contributed by atoms with van der Waals surface area (Å²) in [5.41, 5.74) is 0. The second-order valence-corrected chi connectivity index (χ2v) is 5.38. The van der Waals surface area contributed by atoms with Gasteiger partial charge in [-0.2, -0.15) is 4.52 Å². The van der Waals surface area contributed by atoms with Gasteiger partial charge < -0.3 is 5.32 Å². The molecule has 0 saturated heterocycles. The van der Waals surface area contributed by atoms with Crippen LogP contribution in [0.3, 0.4) is 0 Å². The maximum atomic E-state index is 11.8. The van der Waals surface area contributed by atoms with E-state index in [2.05, 4.69) is 27.5 Å². The molecule has 2 aromatic rings. The van der Waals surface area contributed by atoms with E-state index >= 15 is 0 Å². The van der Waals surface area contributed by atoms with Crippen molar-refractivity contribution in [1.29, 1.82) is 0 Å². The summed E-state index contributed by atoms with van der Waals surface area (Å²) in [7, 11) is 0. The number of carbonyl (C=O) groups is 1. The molecule has 1 amide bonds. The third-order valence-electron chi connectivity index (χ3n) is 2.54. The van der Waals surface area contributed by atoms with Gasteiger partial charge in [0.1, 0.15) is 0 Å². The number of nitrogens with one attached hydrogen (secondary N) is 1. The number of unbranched alkanes of at least 4 members (excludes halogenated alkanes) is 1. The molecular weight excluding hydrogens is 250 g/mol. The van der Waals surface area contributed by atoms with Gasteiger partial charge in [0.15, 0.2) is 5.82 Å². The fourth-order valence-electron chi connectivity index (χ4n) is 1.54. The Morgan fingerprint density at radius 3 is 2.89 bits per heavy atom. The minimum absolute atomic E-state index is 0.131. The Bertz CT molecular complexity index is 545. The normalized spacial score (nSPS) is 11.3. The van der Waals surface area contributed by atoms with E-state index in [-0.39, 0.29) is 11.8 Å². The molecule has 0 aromatic carbocycles. The van der Waals surface area contributed by atoms with Crippen molar-refractivity contribution in [2.75, 3.05) is 6.54 Å². The molecule has 98 valence electrons. The second kappa shape index (κ2) is 5.43. The fourth-order valence-corrected chi connectivity index (χ4v) is 2.30. The van der Waals surface area contributed by atoms with Crippen LogP contribution >= 0.6 is 11.3 Å². The van der Waals surface area contributed by atoms with E-state index in [0.717, 1.165) is 18.7 Å². The predicted octanol–water partition coefficient (Wildman–Crippen LogP) is 1.84. The van der Waals surface area contributed by atoms with Crippen molar-refractivity contribution < 1.29 is 4.79 Å². The summed E-state index contributed by atoms with van der Waals surface area (Å²) in [5.74, 6) is 0.889. The molecule has 0 aliphatic rings. The second-order valence-electron chi connectivity index (χ2n) is 4.42. The highest BCUT2D eigenvalue weighted by Crippen LogP contribution is 2.18. The van der Waals surface area contributed by atoms with E-state index in [0.29, 0.717) is 16.5 Å². The molecule has 0 aliphatic carbocycles. The molecular formula is C11H17N5OS. The van der Waals surface area contributed by atoms with Crippen molar-refractivity contribution in [2.45, 2.75) is 39.5 Å². The lowest BCUT2D eigenvalue weighted by Crippen LogP contribution is -2.24. The highest BCUT2D eigenvalue weighted by Gasteiger charge is 2.17. The molecule has 0 unspecified atom stereocenters. The van der Waals surface area contributed by atoms with E-state index in [4.69, 9.17) is 0 Å². The first-order chi connectivity index (χ1) is 8.63. The van der Waals surface area contributed by atoms with Crippen molar-refractivity contribution in [3.63, 3.8) is 0 Å². The van der Waals surface area contributed by atoms with Crippen molar-refractivity contribution in [3.8, 4) is 0 Å². The molecule has 2 heterocycles. The van der Waals surface area contributed by atoms with Gasteiger partial charge in [0.25, 0.3) is 5.91 Å². The van der Waals surface area contributed by atoms with Crippen LogP contribution in [0.25, 0.3) is 4.96 Å². The lowest BCUT2D eigenvalue weighted by atomic mass is 10.2. The van der Waals surface area contributed by atoms with Crippen molar-refractivity contribution in [1.82, 2.24) is 25.1 Å². The van der Waals surface area contributed by atoms with Gasteiger partial charge in [-0.1, -0.05) is 38.5 Å². The number of amides is 1. The molecule has 0 aliphatic heterocycles. The van der Waals surface area contributed by atoms with Crippen LogP contribution in [0.2, 0.25) is 0 Å². The summed E-state index contributed by atoms with van der Waals surface area (Å²) >= 11 is 1.27. The Balaban J connectivity index is 2.17. The minimum atomic E-state index is -0.131. The molecule has 0 bridgehead atoms. The summed E-state index contributed by atoms with van der Waals surface area (Å²) in [6, 6.07) is 0. The number of carbonyl (C=O) groups excluding carboxylic acids is 1. The summed E-state index contributed by atoms with van der Waals surface area (Å²) in [6.07, 6.45) is 2.04. The molecule has 6 nitrogen and oxygen atoms in total. The molecule has 1 N–H and O–H groups in total. The monoisotopic (exact) mass is 267 g/mol. The van der Waals surface area contributed by atoms with Crippen molar-refractivity contribution >= 4 is 22.2 Å². The zero-order valence-electron chi connectivity index (χ0n) is 10.8. The van der Waals surface area contributed by atoms with Crippen LogP contribution in [0, 0.1) is 0 Å². The van der Waals surface area contributed by atoms with Crippen molar-refractivity contribution in [2.24, 2.45) is 0 Å². The van der Waals surface area contributed by atoms with Crippen LogP contribution < -0.4 is 5.32 Å². The van der Waals surface area contributed by atoms with Crippen LogP contribution in [-0.2, 0) is 0 Å². The number of hydrogen-bond donors (Lipinski definition) is 1. The van der Waals surface area contributed by atoms with Crippen LogP contribution in [0.15, 0.2) is 0 Å². The summed E-state index contributed by atoms with van der Waals surface area (Å²) in [6.45, 7) is 6.82. The molecule has 0 saturated carbocycles. The van der Waals surface area contributed by atoms with Gasteiger partial charge in [-0.3, -0.25) is 4.79 Å². The van der Waals surface area contributed by atoms with E-state index < -0.39 is 0 Å². The van der Waals surface area contributed by atoms with E-state index in [9.17, 15) is 4.79 Å². The Labute approximate surface area is 109 Å². The highest BCUT2D eigenvalue weighted by atomic mass is 32.1. The van der Waals surface area contributed by atoms with Crippen LogP contribution in [0.5, 0.6) is 0 Å². The number of fused-ring (bicyclic) bond motifs is 1. The Morgan fingerprint density at radius 1 is 1.44 bits per heavy atom. The number of hydrogen-bond acceptors (Lipinski definition) is 5. The summed E-state index contributed by atoms with van der Waals surface area (Å²) < 4.78 is 1.66. The van der Waals surface area contributed by atoms with Gasteiger partial charge in [0.05, 0.1) is 0 Å². The molecule has 0 radical (unpaired) electrons. The Kier molecular flexibility index (Phi) is 3.90. The largest absolute Gasteiger partial charge is 0.350 e. The Morgan fingerprint density at radius 2 is 2.22 bits per heavy atom. The van der Waals surface area contributed by atoms with Crippen LogP contribution in [-0.4, -0.2) is 32.3 Å². The lowest BCUT2D eigenvalue weighted by Gasteiger charge is -2.00. The zero-order valence-corrected chi connectivity index (χ0v) is 11.6. The van der Waals surface area contributed by atoms with Gasteiger partial charge in [-0.25, -0.2) is 0 Å². The maximum Gasteiger partial charge on any atom is 0.282 e. The minimum Gasteiger partial charge on any atom is -0.350 e. The van der Waals surface area contributed by atoms with E-state index in [1.165, 1.54) is 11.3 Å². The standard InChI is InChI=1S/C11H17N5OS/c1-4-5-6-12-9(17)10-15-16-8(7(2)3)13-14-11(16)18-10/h7H,4-6H2,1-3H3,(H,12,17). The molecule has 2 rings (SSSR count). The van der Waals surface area contributed by atoms with Gasteiger partial charge >= 0.3 is 0 Å². The number of rotatable bonds is 5. The molecule has 0 spiro atoms. The SMILES string of the molecule is CCCCNC(=O)c1nn2c(C(C)C)nnc2s1. The predicted molar refractivity (Wildman–Crippen MR) is 70.0 cm³/mol. The van der Waals surface area contributed by atoms with Gasteiger partial charge in [0, 0.05) is 12.5 Å². The molecule has 0 atom stereocenters. The maximum absolute atomic E-state index is 11.8. The number of aromatic nitrogens is 4. The van der Waals surface area contributed by atoms with Crippen molar-refractivity contribution in [3.05, 3.63) is 10.8 Å². The zero-order chi connectivity index (χ0) is 13.1. The summed E-state index contributed by atoms with van der Waals surface area (Å²) in [4.78, 5) is 12.5. The lowest BCUT2D eigenvalue weighted by molar-refractivity contribution is 0.0951. The third-order valence-corrected chi connectivity index (χ3v) is 3.44. The first-order valence-corrected chi connectivity index (χ1v) is 6.95. The van der Waals surface area contributed by atoms with Gasteiger partial charge in [0.2, 0.25) is 9.97 Å². The van der Waals surface area contributed by atoms with E-state index in [1.54, 1.807) is 4.52 Å². The average molecular weight is 267 g/mol. The molecule has 7 heteroatoms. The third kappa shape index (κ3) is 2.50. The smallest absolute Gasteiger partial charge is 0.282 e. The quantitative estimate of drug-likeness (QED) is 0.839. The van der Waals surface area contributed by atoms with Gasteiger partial charge in [-0.05, 0) is 6.42 Å². The first-order valence-electron chi connectivity index (χ1n) is 6.13. The molecule has 0 fully saturated rings. The fraction of sp³-hybridized carbons (Fsp3) is 0.636.